The van der Waals surface area contributed by atoms with Crippen molar-refractivity contribution in [2.24, 2.45) is 5.11 Å². The zero-order valence-corrected chi connectivity index (χ0v) is 40.2. The molecule has 4 amide bonds. The number of benzene rings is 3. The van der Waals surface area contributed by atoms with Crippen LogP contribution < -0.4 is 21.3 Å². The van der Waals surface area contributed by atoms with Crippen molar-refractivity contribution in [2.45, 2.75) is 131 Å². The molecule has 0 unspecified atom stereocenters. The number of azide groups is 1. The van der Waals surface area contributed by atoms with Crippen LogP contribution in [0.2, 0.25) is 0 Å². The summed E-state index contributed by atoms with van der Waals surface area (Å²) in [6.45, 7) is -1.49. The van der Waals surface area contributed by atoms with Gasteiger partial charge in [-0.25, -0.2) is 23.2 Å². The first-order valence-corrected chi connectivity index (χ1v) is 23.8. The highest BCUT2D eigenvalue weighted by atomic mass is 19.3. The predicted octanol–water partition coefficient (Wildman–Crippen LogP) is 3.37. The number of aliphatic hydroxyl groups is 4. The summed E-state index contributed by atoms with van der Waals surface area (Å²) in [5, 5.41) is 57.1. The number of alkyl halides is 2. The number of alkyl carbamates (subject to hydrolysis) is 3. The van der Waals surface area contributed by atoms with E-state index in [4.69, 9.17) is 43.4 Å². The zero-order valence-electron chi connectivity index (χ0n) is 40.2. The largest absolute Gasteiger partial charge is 0.445 e. The first kappa shape index (κ1) is 56.8. The van der Waals surface area contributed by atoms with Crippen molar-refractivity contribution in [3.05, 3.63) is 130 Å². The monoisotopic (exact) mass is 1040 g/mol. The molecule has 6 rings (SSSR count). The number of hydrogen-bond acceptors (Lipinski definition) is 17. The number of rotatable bonds is 24. The second-order valence-electron chi connectivity index (χ2n) is 17.4. The summed E-state index contributed by atoms with van der Waals surface area (Å²) in [6.07, 6.45) is -17.3. The molecule has 2 aliphatic heterocycles. The van der Waals surface area contributed by atoms with Gasteiger partial charge in [-0.3, -0.25) is 4.79 Å². The van der Waals surface area contributed by atoms with Gasteiger partial charge >= 0.3 is 18.3 Å². The Labute approximate surface area is 424 Å². The van der Waals surface area contributed by atoms with Gasteiger partial charge in [0.15, 0.2) is 18.7 Å². The Morgan fingerprint density at radius 2 is 1.31 bits per heavy atom. The second-order valence-corrected chi connectivity index (χ2v) is 17.4. The fraction of sp³-hybridized carbons (Fsp3) is 0.510. The van der Waals surface area contributed by atoms with Gasteiger partial charge in [0.1, 0.15) is 62.5 Å². The van der Waals surface area contributed by atoms with E-state index in [1.807, 2.05) is 0 Å². The van der Waals surface area contributed by atoms with Gasteiger partial charge in [0.25, 0.3) is 11.8 Å². The molecule has 2 fully saturated rings. The van der Waals surface area contributed by atoms with Gasteiger partial charge in [-0.2, -0.15) is 0 Å². The fourth-order valence-electron chi connectivity index (χ4n) is 8.07. The highest BCUT2D eigenvalue weighted by Gasteiger charge is 2.54. The number of aliphatic hydroxyl groups excluding tert-OH is 4. The lowest BCUT2D eigenvalue weighted by Crippen LogP contribution is -2.68. The van der Waals surface area contributed by atoms with Gasteiger partial charge in [-0.1, -0.05) is 122 Å². The minimum Gasteiger partial charge on any atom is -0.445 e. The van der Waals surface area contributed by atoms with Crippen LogP contribution in [0.5, 0.6) is 0 Å². The molecule has 23 nitrogen and oxygen atoms in total. The molecule has 3 aliphatic rings. The molecule has 0 aromatic heterocycles. The Balaban J connectivity index is 1.33. The number of nitrogens with one attached hydrogen (secondary N) is 4. The van der Waals surface area contributed by atoms with E-state index >= 15 is 8.78 Å². The molecule has 0 radical (unpaired) electrons. The van der Waals surface area contributed by atoms with Crippen molar-refractivity contribution < 1.29 is 86.3 Å². The minimum atomic E-state index is -4.07. The average Bonchev–Trinajstić information content (AvgIpc) is 3.68. The van der Waals surface area contributed by atoms with Crippen LogP contribution in [-0.4, -0.2) is 156 Å². The molecule has 1 saturated heterocycles. The zero-order chi connectivity index (χ0) is 53.0. The molecule has 0 bridgehead atoms. The quantitative estimate of drug-likeness (QED) is 0.0159. The Morgan fingerprint density at radius 3 is 1.86 bits per heavy atom. The molecule has 3 aromatic rings. The number of hydrogen-bond donors (Lipinski definition) is 8. The van der Waals surface area contributed by atoms with Crippen LogP contribution in [0.15, 0.2) is 108 Å². The van der Waals surface area contributed by atoms with Gasteiger partial charge in [0.2, 0.25) is 0 Å². The third-order valence-electron chi connectivity index (χ3n) is 11.9. The maximum Gasteiger partial charge on any atom is 0.408 e. The highest BCUT2D eigenvalue weighted by Crippen LogP contribution is 2.34. The van der Waals surface area contributed by atoms with E-state index in [1.165, 1.54) is 12.2 Å². The number of amides is 4. The van der Waals surface area contributed by atoms with Crippen molar-refractivity contribution in [3.63, 3.8) is 0 Å². The van der Waals surface area contributed by atoms with Crippen LogP contribution in [0.1, 0.15) is 42.9 Å². The van der Waals surface area contributed by atoms with Crippen LogP contribution in [0.4, 0.5) is 23.2 Å². The normalized spacial score (nSPS) is 26.9. The third kappa shape index (κ3) is 16.5. The number of carbonyl (C=O) groups excluding carboxylic acids is 4. The van der Waals surface area contributed by atoms with E-state index in [9.17, 15) is 39.6 Å². The molecule has 402 valence electrons. The van der Waals surface area contributed by atoms with Crippen molar-refractivity contribution in [1.82, 2.24) is 21.3 Å². The van der Waals surface area contributed by atoms with Crippen LogP contribution in [-0.2, 0) is 62.5 Å². The van der Waals surface area contributed by atoms with Crippen molar-refractivity contribution >= 4 is 24.2 Å². The molecule has 13 atom stereocenters. The van der Waals surface area contributed by atoms with Crippen LogP contribution in [0.25, 0.3) is 10.4 Å². The lowest BCUT2D eigenvalue weighted by atomic mass is 9.83. The molecule has 3 aromatic carbocycles. The third-order valence-corrected chi connectivity index (χ3v) is 11.9. The first-order valence-electron chi connectivity index (χ1n) is 23.8. The standard InChI is InChI=1S/C49H61F2N7O16/c1-2-3-21-67-42(49(50,51)28-54-58-52)43(63)55-34-22-35(57-48(66)70-27-31-17-11-6-12-18-31)40(41(37(34)60)74-45-39(62)38(61)36(24-59)72-45)73-44-33(56-47(65)69-26-30-15-9-5-10-16-30)20-19-32(71-44)23-53-46(64)68-25-29-13-7-4-8-14-29/h4-20,32-42,44-45,59-62H,2-3,21-28H2,1H3,(H,53,64)(H,55,63)(H,56,65)(H,57,66)/t32-,33+,34+,35-,36+,37-,38+,39+,40+,41+,42-,44+,45-/m0/s1. The van der Waals surface area contributed by atoms with Crippen molar-refractivity contribution in [3.8, 4) is 0 Å². The van der Waals surface area contributed by atoms with E-state index in [1.54, 1.807) is 97.9 Å². The summed E-state index contributed by atoms with van der Waals surface area (Å²) in [5.74, 6) is -5.53. The predicted molar refractivity (Wildman–Crippen MR) is 253 cm³/mol. The van der Waals surface area contributed by atoms with E-state index < -0.39 is 129 Å². The molecular formula is C49H61F2N7O16. The maximum absolute atomic E-state index is 15.6. The molecule has 25 heteroatoms. The number of unbranched alkanes of at least 4 members (excludes halogenated alkanes) is 1. The number of carbonyl (C=O) groups is 4. The summed E-state index contributed by atoms with van der Waals surface area (Å²) in [4.78, 5) is 56.3. The molecule has 2 heterocycles. The summed E-state index contributed by atoms with van der Waals surface area (Å²) in [7, 11) is 0. The molecular weight excluding hydrogens is 981 g/mol. The minimum absolute atomic E-state index is 0.0495. The SMILES string of the molecule is CCCCO[C@@H](C(=O)N[C@@H]1C[C@H](NC(=O)OCc2ccccc2)[C@@H](O[C@H]2O[C@H](CNC(=O)OCc3ccccc3)C=C[C@H]2NC(=O)OCc2ccccc2)[C@H](O[C@@H]2O[C@H](CO)[C@@H](O)[C@H]2O)[C@H]1O)C(F)(F)CN=[N+]=[N-]. The first-order chi connectivity index (χ1) is 35.7. The average molecular weight is 1040 g/mol. The van der Waals surface area contributed by atoms with Gasteiger partial charge in [-0.05, 0) is 35.1 Å². The second kappa shape index (κ2) is 28.2. The Hall–Kier alpha value is -6.51. The summed E-state index contributed by atoms with van der Waals surface area (Å²) >= 11 is 0. The van der Waals surface area contributed by atoms with Gasteiger partial charge in [-0.15, -0.1) is 0 Å². The Kier molecular flexibility index (Phi) is 21.7. The molecule has 0 spiro atoms. The van der Waals surface area contributed by atoms with Crippen LogP contribution >= 0.6 is 0 Å². The van der Waals surface area contributed by atoms with Crippen LogP contribution in [0, 0.1) is 0 Å². The van der Waals surface area contributed by atoms with Gasteiger partial charge in [0.05, 0.1) is 37.9 Å². The van der Waals surface area contributed by atoms with Crippen LogP contribution in [0.3, 0.4) is 0 Å². The summed E-state index contributed by atoms with van der Waals surface area (Å²) in [6, 6.07) is 21.8. The van der Waals surface area contributed by atoms with Gasteiger partial charge < -0.3 is 79.6 Å². The topological polar surface area (TPSA) is 320 Å². The summed E-state index contributed by atoms with van der Waals surface area (Å²) < 4.78 is 77.6. The molecule has 74 heavy (non-hydrogen) atoms. The lowest BCUT2D eigenvalue weighted by Gasteiger charge is -2.47. The number of nitrogens with zero attached hydrogens (tertiary/aromatic N) is 3. The number of ether oxygens (including phenoxy) is 8. The molecule has 1 aliphatic carbocycles. The molecule has 8 N–H and O–H groups in total. The lowest BCUT2D eigenvalue weighted by molar-refractivity contribution is -0.282. The van der Waals surface area contributed by atoms with E-state index in [0.717, 1.165) is 5.56 Å². The van der Waals surface area contributed by atoms with E-state index in [0.29, 0.717) is 17.5 Å². The highest BCUT2D eigenvalue weighted by molar-refractivity contribution is 5.82. The summed E-state index contributed by atoms with van der Waals surface area (Å²) in [5.41, 5.74) is 10.8. The van der Waals surface area contributed by atoms with Crippen molar-refractivity contribution in [2.75, 3.05) is 26.3 Å². The Bertz CT molecular complexity index is 2330. The smallest absolute Gasteiger partial charge is 0.408 e. The van der Waals surface area contributed by atoms with E-state index in [2.05, 4.69) is 31.3 Å². The van der Waals surface area contributed by atoms with Crippen molar-refractivity contribution in [1.29, 1.82) is 0 Å². The maximum atomic E-state index is 15.6. The fourth-order valence-corrected chi connectivity index (χ4v) is 8.07. The molecule has 1 saturated carbocycles. The number of halogens is 2. The Morgan fingerprint density at radius 1 is 0.743 bits per heavy atom. The van der Waals surface area contributed by atoms with E-state index in [-0.39, 0.29) is 39.4 Å². The van der Waals surface area contributed by atoms with Gasteiger partial charge in [0, 0.05) is 11.5 Å².